The van der Waals surface area contributed by atoms with E-state index in [1.807, 2.05) is 24.3 Å². The fourth-order valence-electron chi connectivity index (χ4n) is 2.63. The van der Waals surface area contributed by atoms with E-state index in [4.69, 9.17) is 10.5 Å². The molecule has 0 aliphatic carbocycles. The summed E-state index contributed by atoms with van der Waals surface area (Å²) in [5.41, 5.74) is 8.28. The van der Waals surface area contributed by atoms with Crippen molar-refractivity contribution in [3.05, 3.63) is 64.1 Å². The zero-order chi connectivity index (χ0) is 19.4. The van der Waals surface area contributed by atoms with Gasteiger partial charge in [-0.05, 0) is 42.0 Å². The minimum atomic E-state index is 0.0573. The summed E-state index contributed by atoms with van der Waals surface area (Å²) in [6.45, 7) is 0. The highest BCUT2D eigenvalue weighted by Crippen LogP contribution is 2.35. The zero-order valence-corrected chi connectivity index (χ0v) is 15.9. The van der Waals surface area contributed by atoms with E-state index >= 15 is 0 Å². The molecule has 1 aromatic heterocycles. The molecule has 3 N–H and O–H groups in total. The first kappa shape index (κ1) is 18.2. The third kappa shape index (κ3) is 3.69. The first-order chi connectivity index (χ1) is 13.1. The lowest BCUT2D eigenvalue weighted by atomic mass is 9.96. The number of rotatable bonds is 4. The van der Waals surface area contributed by atoms with E-state index in [-0.39, 0.29) is 16.9 Å². The molecule has 0 unspecified atom stereocenters. The second-order valence-electron chi connectivity index (χ2n) is 5.55. The lowest BCUT2D eigenvalue weighted by Gasteiger charge is -2.15. The molecule has 0 amide bonds. The highest BCUT2D eigenvalue weighted by Gasteiger charge is 2.20. The molecule has 1 heterocycles. The van der Waals surface area contributed by atoms with Gasteiger partial charge in [0.25, 0.3) is 0 Å². The lowest BCUT2D eigenvalue weighted by molar-refractivity contribution is 0.415. The number of nitrogen functional groups attached to an aromatic ring is 1. The molecule has 0 aliphatic heterocycles. The number of nitrogens with two attached hydrogens (primary N) is 1. The average Bonchev–Trinajstić information content (AvgIpc) is 2.69. The van der Waals surface area contributed by atoms with Crippen molar-refractivity contribution < 1.29 is 4.74 Å². The molecule has 3 aromatic rings. The summed E-state index contributed by atoms with van der Waals surface area (Å²) in [6.07, 6.45) is 0. The summed E-state index contributed by atoms with van der Waals surface area (Å²) in [4.78, 5) is 4.24. The standard InChI is InChI=1S/C20H14BrN5O/c1-27-15-8-2-12(3-9-15)18-16(10-22)19(24)26-20(17(18)11-23)25-14-6-4-13(21)5-7-14/h2-9H,1H3,(H3,24,25,26). The minimum absolute atomic E-state index is 0.0573. The lowest BCUT2D eigenvalue weighted by Crippen LogP contribution is -2.06. The number of halogens is 1. The first-order valence-corrected chi connectivity index (χ1v) is 8.67. The topological polar surface area (TPSA) is 108 Å². The molecule has 0 bridgehead atoms. The average molecular weight is 420 g/mol. The van der Waals surface area contributed by atoms with Gasteiger partial charge in [-0.3, -0.25) is 0 Å². The minimum Gasteiger partial charge on any atom is -0.497 e. The maximum Gasteiger partial charge on any atom is 0.151 e. The number of pyridine rings is 1. The summed E-state index contributed by atoms with van der Waals surface area (Å²) < 4.78 is 6.10. The van der Waals surface area contributed by atoms with Gasteiger partial charge >= 0.3 is 0 Å². The van der Waals surface area contributed by atoms with E-state index in [0.29, 0.717) is 22.7 Å². The fourth-order valence-corrected chi connectivity index (χ4v) is 2.90. The van der Waals surface area contributed by atoms with Gasteiger partial charge in [0.1, 0.15) is 34.8 Å². The Kier molecular flexibility index (Phi) is 5.25. The third-order valence-corrected chi connectivity index (χ3v) is 4.46. The molecule has 132 valence electrons. The summed E-state index contributed by atoms with van der Waals surface area (Å²) in [5, 5.41) is 22.5. The van der Waals surface area contributed by atoms with Crippen LogP contribution in [-0.4, -0.2) is 12.1 Å². The van der Waals surface area contributed by atoms with Crippen LogP contribution in [0.2, 0.25) is 0 Å². The second kappa shape index (κ2) is 7.77. The Bertz CT molecular complexity index is 1060. The van der Waals surface area contributed by atoms with Crippen molar-refractivity contribution in [1.29, 1.82) is 10.5 Å². The number of hydrogen-bond donors (Lipinski definition) is 2. The van der Waals surface area contributed by atoms with Crippen LogP contribution in [0.15, 0.2) is 53.0 Å². The third-order valence-electron chi connectivity index (χ3n) is 3.93. The van der Waals surface area contributed by atoms with Crippen LogP contribution in [0, 0.1) is 22.7 Å². The number of nitrogens with zero attached hydrogens (tertiary/aromatic N) is 3. The monoisotopic (exact) mass is 419 g/mol. The molecule has 0 atom stereocenters. The van der Waals surface area contributed by atoms with Gasteiger partial charge < -0.3 is 15.8 Å². The number of methoxy groups -OCH3 is 1. The van der Waals surface area contributed by atoms with E-state index in [2.05, 4.69) is 38.4 Å². The molecule has 6 nitrogen and oxygen atoms in total. The van der Waals surface area contributed by atoms with E-state index in [0.717, 1.165) is 10.2 Å². The van der Waals surface area contributed by atoms with E-state index in [1.165, 1.54) is 0 Å². The predicted octanol–water partition coefficient (Wildman–Crippen LogP) is 4.59. The number of nitrogens with one attached hydrogen (secondary N) is 1. The van der Waals surface area contributed by atoms with Gasteiger partial charge in [0.2, 0.25) is 0 Å². The van der Waals surface area contributed by atoms with Gasteiger partial charge in [-0.15, -0.1) is 0 Å². The molecule has 7 heteroatoms. The number of ether oxygens (including phenoxy) is 1. The molecule has 0 spiro atoms. The highest BCUT2D eigenvalue weighted by atomic mass is 79.9. The summed E-state index contributed by atoms with van der Waals surface area (Å²) in [6, 6.07) is 18.7. The van der Waals surface area contributed by atoms with Crippen LogP contribution in [0.4, 0.5) is 17.3 Å². The number of hydrogen-bond acceptors (Lipinski definition) is 6. The number of benzene rings is 2. The van der Waals surface area contributed by atoms with Crippen molar-refractivity contribution in [2.45, 2.75) is 0 Å². The van der Waals surface area contributed by atoms with Crippen molar-refractivity contribution >= 4 is 33.3 Å². The molecule has 0 saturated carbocycles. The van der Waals surface area contributed by atoms with E-state index in [1.54, 1.807) is 31.4 Å². The predicted molar refractivity (Wildman–Crippen MR) is 107 cm³/mol. The SMILES string of the molecule is COc1ccc(-c2c(C#N)c(N)nc(Nc3ccc(Br)cc3)c2C#N)cc1. The first-order valence-electron chi connectivity index (χ1n) is 7.88. The highest BCUT2D eigenvalue weighted by molar-refractivity contribution is 9.10. The molecule has 0 radical (unpaired) electrons. The van der Waals surface area contributed by atoms with Crippen molar-refractivity contribution in [3.63, 3.8) is 0 Å². The summed E-state index contributed by atoms with van der Waals surface area (Å²) in [5.74, 6) is 1.02. The van der Waals surface area contributed by atoms with Crippen molar-refractivity contribution in [2.24, 2.45) is 0 Å². The van der Waals surface area contributed by atoms with Crippen LogP contribution >= 0.6 is 15.9 Å². The molecular weight excluding hydrogens is 406 g/mol. The van der Waals surface area contributed by atoms with Crippen LogP contribution in [0.25, 0.3) is 11.1 Å². The number of nitriles is 2. The van der Waals surface area contributed by atoms with Crippen LogP contribution in [-0.2, 0) is 0 Å². The Morgan fingerprint density at radius 1 is 1.00 bits per heavy atom. The number of anilines is 3. The van der Waals surface area contributed by atoms with Gasteiger partial charge in [0, 0.05) is 15.7 Å². The fraction of sp³-hybridized carbons (Fsp3) is 0.0500. The Labute approximate surface area is 165 Å². The van der Waals surface area contributed by atoms with Gasteiger partial charge in [0.15, 0.2) is 5.82 Å². The second-order valence-corrected chi connectivity index (χ2v) is 6.47. The summed E-state index contributed by atoms with van der Waals surface area (Å²) in [7, 11) is 1.57. The van der Waals surface area contributed by atoms with Crippen molar-refractivity contribution in [1.82, 2.24) is 4.98 Å². The van der Waals surface area contributed by atoms with Gasteiger partial charge in [0.05, 0.1) is 7.11 Å². The van der Waals surface area contributed by atoms with Crippen LogP contribution in [0.5, 0.6) is 5.75 Å². The van der Waals surface area contributed by atoms with Gasteiger partial charge in [-0.25, -0.2) is 4.98 Å². The smallest absolute Gasteiger partial charge is 0.151 e. The van der Waals surface area contributed by atoms with Crippen LogP contribution in [0.3, 0.4) is 0 Å². The molecule has 2 aromatic carbocycles. The molecule has 3 rings (SSSR count). The van der Waals surface area contributed by atoms with Gasteiger partial charge in [-0.1, -0.05) is 28.1 Å². The van der Waals surface area contributed by atoms with E-state index in [9.17, 15) is 10.5 Å². The van der Waals surface area contributed by atoms with Crippen LogP contribution in [0.1, 0.15) is 11.1 Å². The maximum absolute atomic E-state index is 9.78. The Morgan fingerprint density at radius 2 is 1.63 bits per heavy atom. The molecule has 0 fully saturated rings. The maximum atomic E-state index is 9.78. The number of aromatic nitrogens is 1. The normalized spacial score (nSPS) is 9.93. The summed E-state index contributed by atoms with van der Waals surface area (Å²) >= 11 is 3.38. The molecule has 0 saturated heterocycles. The van der Waals surface area contributed by atoms with Gasteiger partial charge in [-0.2, -0.15) is 10.5 Å². The zero-order valence-electron chi connectivity index (χ0n) is 14.3. The van der Waals surface area contributed by atoms with Crippen molar-refractivity contribution in [2.75, 3.05) is 18.2 Å². The molecule has 0 aliphatic rings. The Hall–Kier alpha value is -3.55. The Morgan fingerprint density at radius 3 is 2.19 bits per heavy atom. The molecular formula is C20H14BrN5O. The van der Waals surface area contributed by atoms with E-state index < -0.39 is 0 Å². The largest absolute Gasteiger partial charge is 0.497 e. The molecule has 27 heavy (non-hydrogen) atoms. The quantitative estimate of drug-likeness (QED) is 0.639. The Balaban J connectivity index is 2.18. The van der Waals surface area contributed by atoms with Crippen LogP contribution < -0.4 is 15.8 Å². The van der Waals surface area contributed by atoms with Crippen molar-refractivity contribution in [3.8, 4) is 29.0 Å².